The van der Waals surface area contributed by atoms with E-state index >= 15 is 0 Å². The van der Waals surface area contributed by atoms with Crippen molar-refractivity contribution in [2.45, 2.75) is 12.6 Å². The number of carbonyl (C=O) groups is 2. The largest absolute Gasteiger partial charge is 0.468 e. The molecule has 1 atom stereocenters. The van der Waals surface area contributed by atoms with Gasteiger partial charge in [-0.1, -0.05) is 0 Å². The topological polar surface area (TPSA) is 77.8 Å². The van der Waals surface area contributed by atoms with Gasteiger partial charge in [-0.05, 0) is 58.8 Å². The third-order valence-corrected chi connectivity index (χ3v) is 6.25. The van der Waals surface area contributed by atoms with Crippen LogP contribution in [0.2, 0.25) is 0 Å². The lowest BCUT2D eigenvalue weighted by Crippen LogP contribution is -2.50. The molecule has 1 saturated heterocycles. The summed E-state index contributed by atoms with van der Waals surface area (Å²) in [6.07, 6.45) is 1.60. The Morgan fingerprint density at radius 2 is 1.78 bits per heavy atom. The maximum Gasteiger partial charge on any atom is 0.309 e. The van der Waals surface area contributed by atoms with E-state index in [4.69, 9.17) is 4.42 Å². The highest BCUT2D eigenvalue weighted by atomic mass is 32.1. The maximum absolute atomic E-state index is 13.2. The van der Waals surface area contributed by atoms with Gasteiger partial charge in [0.25, 0.3) is 0 Å². The number of anilines is 1. The van der Waals surface area contributed by atoms with Crippen LogP contribution < -0.4 is 15.5 Å². The van der Waals surface area contributed by atoms with Gasteiger partial charge < -0.3 is 20.0 Å². The molecule has 3 aromatic rings. The van der Waals surface area contributed by atoms with Crippen molar-refractivity contribution in [1.29, 1.82) is 0 Å². The molecule has 0 aliphatic carbocycles. The maximum atomic E-state index is 13.2. The van der Waals surface area contributed by atoms with E-state index in [0.717, 1.165) is 43.2 Å². The Morgan fingerprint density at radius 3 is 2.44 bits per heavy atom. The highest BCUT2D eigenvalue weighted by Gasteiger charge is 2.28. The molecule has 0 bridgehead atoms. The predicted octanol–water partition coefficient (Wildman–Crippen LogP) is 2.78. The first kappa shape index (κ1) is 22.0. The second-order valence-corrected chi connectivity index (χ2v) is 8.33. The third kappa shape index (κ3) is 5.54. The summed E-state index contributed by atoms with van der Waals surface area (Å²) < 4.78 is 18.8. The van der Waals surface area contributed by atoms with Crippen LogP contribution in [0.3, 0.4) is 0 Å². The van der Waals surface area contributed by atoms with Gasteiger partial charge >= 0.3 is 11.8 Å². The lowest BCUT2D eigenvalue weighted by molar-refractivity contribution is -0.139. The zero-order chi connectivity index (χ0) is 22.3. The van der Waals surface area contributed by atoms with Gasteiger partial charge in [-0.2, -0.15) is 11.3 Å². The Hall–Kier alpha value is -3.17. The third-order valence-electron chi connectivity index (χ3n) is 5.51. The minimum absolute atomic E-state index is 0.186. The summed E-state index contributed by atoms with van der Waals surface area (Å²) in [7, 11) is 0. The van der Waals surface area contributed by atoms with Crippen molar-refractivity contribution in [3.05, 3.63) is 76.6 Å². The highest BCUT2D eigenvalue weighted by molar-refractivity contribution is 7.07. The van der Waals surface area contributed by atoms with E-state index in [1.807, 2.05) is 29.0 Å². The Labute approximate surface area is 189 Å². The van der Waals surface area contributed by atoms with Gasteiger partial charge in [-0.25, -0.2) is 4.39 Å². The molecule has 2 N–H and O–H groups in total. The summed E-state index contributed by atoms with van der Waals surface area (Å²) in [5.41, 5.74) is 1.94. The van der Waals surface area contributed by atoms with Crippen molar-refractivity contribution >= 4 is 28.8 Å². The minimum atomic E-state index is -0.665. The molecular formula is C23H25FN4O3S. The number of thiophene rings is 1. The first-order valence-electron chi connectivity index (χ1n) is 10.5. The fourth-order valence-corrected chi connectivity index (χ4v) is 4.43. The standard InChI is InChI=1S/C23H25FN4O3S/c24-18-3-5-19(6-4-18)27-8-10-28(11-9-27)20(21-2-1-12-31-21)15-26-23(30)22(29)25-14-17-7-13-32-16-17/h1-7,12-13,16,20H,8-11,14-15H2,(H,25,29)(H,26,30). The normalized spacial score (nSPS) is 15.3. The van der Waals surface area contributed by atoms with E-state index in [2.05, 4.69) is 20.4 Å². The number of amides is 2. The van der Waals surface area contributed by atoms with Crippen LogP contribution in [0.5, 0.6) is 0 Å². The summed E-state index contributed by atoms with van der Waals surface area (Å²) >= 11 is 1.54. The van der Waals surface area contributed by atoms with Gasteiger partial charge in [0.2, 0.25) is 0 Å². The Morgan fingerprint density at radius 1 is 1.03 bits per heavy atom. The summed E-state index contributed by atoms with van der Waals surface area (Å²) in [5, 5.41) is 9.23. The van der Waals surface area contributed by atoms with E-state index in [-0.39, 0.29) is 18.4 Å². The number of nitrogens with zero attached hydrogens (tertiary/aromatic N) is 2. The number of carbonyl (C=O) groups excluding carboxylic acids is 2. The van der Waals surface area contributed by atoms with Crippen LogP contribution in [0, 0.1) is 5.82 Å². The molecule has 2 amide bonds. The zero-order valence-electron chi connectivity index (χ0n) is 17.5. The van der Waals surface area contributed by atoms with E-state index in [0.29, 0.717) is 6.54 Å². The van der Waals surface area contributed by atoms with Gasteiger partial charge in [0.15, 0.2) is 0 Å². The van der Waals surface area contributed by atoms with Crippen LogP contribution in [-0.2, 0) is 16.1 Å². The van der Waals surface area contributed by atoms with Crippen molar-refractivity contribution in [3.63, 3.8) is 0 Å². The zero-order valence-corrected chi connectivity index (χ0v) is 18.3. The van der Waals surface area contributed by atoms with Gasteiger partial charge in [0.1, 0.15) is 11.6 Å². The molecule has 1 aromatic carbocycles. The highest BCUT2D eigenvalue weighted by Crippen LogP contribution is 2.24. The van der Waals surface area contributed by atoms with Gasteiger partial charge in [-0.3, -0.25) is 14.5 Å². The first-order valence-corrected chi connectivity index (χ1v) is 11.4. The predicted molar refractivity (Wildman–Crippen MR) is 121 cm³/mol. The van der Waals surface area contributed by atoms with Crippen molar-refractivity contribution in [2.24, 2.45) is 0 Å². The minimum Gasteiger partial charge on any atom is -0.468 e. The summed E-state index contributed by atoms with van der Waals surface area (Å²) in [4.78, 5) is 28.9. The van der Waals surface area contributed by atoms with Crippen molar-refractivity contribution < 1.29 is 18.4 Å². The average Bonchev–Trinajstić information content (AvgIpc) is 3.53. The molecule has 9 heteroatoms. The number of benzene rings is 1. The van der Waals surface area contributed by atoms with E-state index in [1.165, 1.54) is 23.5 Å². The molecule has 3 heterocycles. The van der Waals surface area contributed by atoms with E-state index in [9.17, 15) is 14.0 Å². The van der Waals surface area contributed by atoms with Crippen LogP contribution in [0.4, 0.5) is 10.1 Å². The van der Waals surface area contributed by atoms with Crippen molar-refractivity contribution in [2.75, 3.05) is 37.6 Å². The van der Waals surface area contributed by atoms with Crippen molar-refractivity contribution in [1.82, 2.24) is 15.5 Å². The van der Waals surface area contributed by atoms with Crippen molar-refractivity contribution in [3.8, 4) is 0 Å². The second-order valence-electron chi connectivity index (χ2n) is 7.55. The number of hydrogen-bond acceptors (Lipinski definition) is 6. The molecule has 1 aliphatic heterocycles. The summed E-state index contributed by atoms with van der Waals surface area (Å²) in [5.74, 6) is -0.836. The molecule has 7 nitrogen and oxygen atoms in total. The Bertz CT molecular complexity index is 1000. The number of nitrogens with one attached hydrogen (secondary N) is 2. The molecule has 0 radical (unpaired) electrons. The molecule has 0 saturated carbocycles. The number of rotatable bonds is 7. The molecule has 0 spiro atoms. The molecule has 32 heavy (non-hydrogen) atoms. The van der Waals surface area contributed by atoms with Gasteiger partial charge in [-0.15, -0.1) is 0 Å². The Kier molecular flexibility index (Phi) is 7.18. The molecule has 2 aromatic heterocycles. The monoisotopic (exact) mass is 456 g/mol. The smallest absolute Gasteiger partial charge is 0.309 e. The van der Waals surface area contributed by atoms with Crippen LogP contribution in [0.25, 0.3) is 0 Å². The number of hydrogen-bond donors (Lipinski definition) is 2. The molecule has 1 fully saturated rings. The van der Waals surface area contributed by atoms with Crippen LogP contribution in [0.1, 0.15) is 17.4 Å². The van der Waals surface area contributed by atoms with E-state index < -0.39 is 11.8 Å². The number of halogens is 1. The molecule has 1 aliphatic rings. The fourth-order valence-electron chi connectivity index (χ4n) is 3.76. The van der Waals surface area contributed by atoms with Crippen LogP contribution in [0.15, 0.2) is 63.9 Å². The molecule has 4 rings (SSSR count). The second kappa shape index (κ2) is 10.4. The lowest BCUT2D eigenvalue weighted by atomic mass is 10.1. The molecular weight excluding hydrogens is 431 g/mol. The summed E-state index contributed by atoms with van der Waals surface area (Å²) in [6.45, 7) is 3.58. The van der Waals surface area contributed by atoms with Gasteiger partial charge in [0, 0.05) is 45.0 Å². The van der Waals surface area contributed by atoms with Crippen LogP contribution in [-0.4, -0.2) is 49.4 Å². The van der Waals surface area contributed by atoms with Gasteiger partial charge in [0.05, 0.1) is 12.3 Å². The number of piperazine rings is 1. The lowest BCUT2D eigenvalue weighted by Gasteiger charge is -2.39. The first-order chi connectivity index (χ1) is 15.6. The average molecular weight is 457 g/mol. The number of furan rings is 1. The van der Waals surface area contributed by atoms with Crippen LogP contribution >= 0.6 is 11.3 Å². The Balaban J connectivity index is 1.32. The SMILES string of the molecule is O=C(NCc1ccsc1)C(=O)NCC(c1ccco1)N1CCN(c2ccc(F)cc2)CC1. The molecule has 168 valence electrons. The summed E-state index contributed by atoms with van der Waals surface area (Å²) in [6, 6.07) is 11.9. The fraction of sp³-hybridized carbons (Fsp3) is 0.304. The van der Waals surface area contributed by atoms with E-state index in [1.54, 1.807) is 18.4 Å². The molecule has 1 unspecified atom stereocenters. The quantitative estimate of drug-likeness (QED) is 0.535.